The van der Waals surface area contributed by atoms with Crippen LogP contribution in [0.5, 0.6) is 11.5 Å². The van der Waals surface area contributed by atoms with Gasteiger partial charge in [0.1, 0.15) is 12.2 Å². The van der Waals surface area contributed by atoms with E-state index in [4.69, 9.17) is 21.1 Å². The number of nitrogens with zero attached hydrogens (tertiary/aromatic N) is 1. The fourth-order valence-electron chi connectivity index (χ4n) is 3.40. The molecule has 0 unspecified atom stereocenters. The number of fused-ring (bicyclic) bond motifs is 1. The van der Waals surface area contributed by atoms with Crippen molar-refractivity contribution in [2.24, 2.45) is 0 Å². The number of ether oxygens (including phenoxy) is 2. The summed E-state index contributed by atoms with van der Waals surface area (Å²) >= 11 is 6.17. The van der Waals surface area contributed by atoms with E-state index in [1.165, 1.54) is 29.6 Å². The lowest BCUT2D eigenvalue weighted by Gasteiger charge is -2.21. The Morgan fingerprint density at radius 1 is 1.28 bits per heavy atom. The smallest absolute Gasteiger partial charge is 0.252 e. The quantitative estimate of drug-likeness (QED) is 0.579. The van der Waals surface area contributed by atoms with E-state index in [2.05, 4.69) is 5.32 Å². The van der Waals surface area contributed by atoms with Crippen LogP contribution in [-0.2, 0) is 16.4 Å². The molecule has 2 aromatic rings. The summed E-state index contributed by atoms with van der Waals surface area (Å²) < 4.78 is 38.5. The van der Waals surface area contributed by atoms with Crippen molar-refractivity contribution in [1.82, 2.24) is 9.62 Å². The summed E-state index contributed by atoms with van der Waals surface area (Å²) in [6, 6.07) is 9.65. The van der Waals surface area contributed by atoms with Crippen molar-refractivity contribution >= 4 is 27.5 Å². The van der Waals surface area contributed by atoms with Crippen LogP contribution >= 0.6 is 11.6 Å². The van der Waals surface area contributed by atoms with Crippen LogP contribution in [0.3, 0.4) is 0 Å². The standard InChI is InChI=1S/C23H29ClN2O5S/c1-15(2)26(5)32(28,29)17-9-10-19(24)18(13-17)22(27)25-11-12-30-20-8-6-7-16-14-23(3,4)31-21(16)20/h6-10,13,15H,11-12,14H2,1-5H3,(H,25,27). The van der Waals surface area contributed by atoms with Gasteiger partial charge in [0, 0.05) is 25.1 Å². The Bertz CT molecular complexity index is 1120. The molecule has 9 heteroatoms. The Balaban J connectivity index is 1.64. The number of hydrogen-bond acceptors (Lipinski definition) is 5. The molecule has 0 aliphatic carbocycles. The van der Waals surface area contributed by atoms with Gasteiger partial charge in [-0.1, -0.05) is 23.7 Å². The maximum absolute atomic E-state index is 12.7. The van der Waals surface area contributed by atoms with Gasteiger partial charge >= 0.3 is 0 Å². The van der Waals surface area contributed by atoms with E-state index in [1.807, 2.05) is 32.0 Å². The number of carbonyl (C=O) groups is 1. The highest BCUT2D eigenvalue weighted by Gasteiger charge is 2.32. The molecule has 1 aliphatic rings. The highest BCUT2D eigenvalue weighted by molar-refractivity contribution is 7.89. The van der Waals surface area contributed by atoms with Crippen molar-refractivity contribution in [2.75, 3.05) is 20.2 Å². The van der Waals surface area contributed by atoms with Gasteiger partial charge in [0.25, 0.3) is 5.91 Å². The molecule has 2 aromatic carbocycles. The zero-order valence-corrected chi connectivity index (χ0v) is 20.5. The second kappa shape index (κ2) is 9.29. The van der Waals surface area contributed by atoms with Crippen molar-refractivity contribution in [1.29, 1.82) is 0 Å². The average Bonchev–Trinajstić information content (AvgIpc) is 3.05. The lowest BCUT2D eigenvalue weighted by molar-refractivity contribution is 0.0946. The van der Waals surface area contributed by atoms with Crippen LogP contribution in [0.15, 0.2) is 41.3 Å². The molecule has 32 heavy (non-hydrogen) atoms. The molecule has 0 radical (unpaired) electrons. The van der Waals surface area contributed by atoms with Gasteiger partial charge in [-0.05, 0) is 52.0 Å². The summed E-state index contributed by atoms with van der Waals surface area (Å²) in [4.78, 5) is 12.7. The summed E-state index contributed by atoms with van der Waals surface area (Å²) in [5.41, 5.74) is 0.908. The van der Waals surface area contributed by atoms with Crippen LogP contribution in [0.25, 0.3) is 0 Å². The largest absolute Gasteiger partial charge is 0.488 e. The number of benzene rings is 2. The first-order valence-corrected chi connectivity index (χ1v) is 12.2. The van der Waals surface area contributed by atoms with E-state index in [0.29, 0.717) is 5.75 Å². The van der Waals surface area contributed by atoms with E-state index in [9.17, 15) is 13.2 Å². The summed E-state index contributed by atoms with van der Waals surface area (Å²) in [7, 11) is -2.23. The van der Waals surface area contributed by atoms with E-state index < -0.39 is 15.9 Å². The number of hydrogen-bond donors (Lipinski definition) is 1. The van der Waals surface area contributed by atoms with Crippen molar-refractivity contribution in [2.45, 2.75) is 50.7 Å². The normalized spacial score (nSPS) is 14.9. The van der Waals surface area contributed by atoms with Gasteiger partial charge in [-0.3, -0.25) is 4.79 Å². The first-order chi connectivity index (χ1) is 14.9. The van der Waals surface area contributed by atoms with Crippen molar-refractivity contribution < 1.29 is 22.7 Å². The predicted octanol–water partition coefficient (Wildman–Crippen LogP) is 3.89. The lowest BCUT2D eigenvalue weighted by atomic mass is 10.0. The Kier molecular flexibility index (Phi) is 7.07. The van der Waals surface area contributed by atoms with Gasteiger partial charge in [-0.25, -0.2) is 8.42 Å². The fraction of sp³-hybridized carbons (Fsp3) is 0.435. The van der Waals surface area contributed by atoms with Crippen molar-refractivity contribution in [3.05, 3.63) is 52.5 Å². The lowest BCUT2D eigenvalue weighted by Crippen LogP contribution is -2.33. The van der Waals surface area contributed by atoms with Gasteiger partial charge < -0.3 is 14.8 Å². The molecule has 1 heterocycles. The molecule has 0 aromatic heterocycles. The summed E-state index contributed by atoms with van der Waals surface area (Å²) in [5.74, 6) is 0.891. The Hall–Kier alpha value is -2.29. The SMILES string of the molecule is CC(C)N(C)S(=O)(=O)c1ccc(Cl)c(C(=O)NCCOc2cccc3c2OC(C)(C)C3)c1. The van der Waals surface area contributed by atoms with E-state index in [0.717, 1.165) is 17.7 Å². The highest BCUT2D eigenvalue weighted by Crippen LogP contribution is 2.41. The summed E-state index contributed by atoms with van der Waals surface area (Å²) in [5, 5.41) is 2.90. The van der Waals surface area contributed by atoms with Crippen molar-refractivity contribution in [3.63, 3.8) is 0 Å². The van der Waals surface area contributed by atoms with E-state index in [-0.39, 0.29) is 40.3 Å². The van der Waals surface area contributed by atoms with Crippen LogP contribution in [0.4, 0.5) is 0 Å². The number of halogens is 1. The molecule has 7 nitrogen and oxygen atoms in total. The number of sulfonamides is 1. The summed E-state index contributed by atoms with van der Waals surface area (Å²) in [6.07, 6.45) is 0.806. The molecule has 174 valence electrons. The molecular weight excluding hydrogens is 452 g/mol. The number of para-hydroxylation sites is 1. The minimum Gasteiger partial charge on any atom is -0.488 e. The number of nitrogens with one attached hydrogen (secondary N) is 1. The number of rotatable bonds is 8. The van der Waals surface area contributed by atoms with E-state index >= 15 is 0 Å². The maximum Gasteiger partial charge on any atom is 0.252 e. The molecule has 1 aliphatic heterocycles. The zero-order chi connectivity index (χ0) is 23.7. The molecule has 1 N–H and O–H groups in total. The third kappa shape index (κ3) is 5.19. The first kappa shape index (κ1) is 24.4. The number of carbonyl (C=O) groups excluding carboxylic acids is 1. The zero-order valence-electron chi connectivity index (χ0n) is 18.9. The molecule has 0 spiro atoms. The second-order valence-electron chi connectivity index (χ2n) is 8.64. The third-order valence-corrected chi connectivity index (χ3v) is 7.65. The van der Waals surface area contributed by atoms with Crippen LogP contribution < -0.4 is 14.8 Å². The molecule has 0 saturated carbocycles. The van der Waals surface area contributed by atoms with E-state index in [1.54, 1.807) is 13.8 Å². The Labute approximate surface area is 194 Å². The fourth-order valence-corrected chi connectivity index (χ4v) is 5.00. The molecule has 0 fully saturated rings. The predicted molar refractivity (Wildman–Crippen MR) is 124 cm³/mol. The van der Waals surface area contributed by atoms with Gasteiger partial charge in [-0.2, -0.15) is 4.31 Å². The van der Waals surface area contributed by atoms with Gasteiger partial charge in [0.05, 0.1) is 22.0 Å². The van der Waals surface area contributed by atoms with Crippen molar-refractivity contribution in [3.8, 4) is 11.5 Å². The maximum atomic E-state index is 12.7. The van der Waals surface area contributed by atoms with Gasteiger partial charge in [0.2, 0.25) is 10.0 Å². The van der Waals surface area contributed by atoms with Crippen LogP contribution in [0.1, 0.15) is 43.6 Å². The third-order valence-electron chi connectivity index (χ3n) is 5.29. The van der Waals surface area contributed by atoms with Gasteiger partial charge in [0.15, 0.2) is 11.5 Å². The highest BCUT2D eigenvalue weighted by atomic mass is 35.5. The molecule has 0 saturated heterocycles. The van der Waals surface area contributed by atoms with Crippen LogP contribution in [-0.4, -0.2) is 50.5 Å². The average molecular weight is 481 g/mol. The minimum absolute atomic E-state index is 0.0131. The molecule has 0 bridgehead atoms. The van der Waals surface area contributed by atoms with Crippen LogP contribution in [0, 0.1) is 0 Å². The monoisotopic (exact) mass is 480 g/mol. The molecular formula is C23H29ClN2O5S. The Morgan fingerprint density at radius 3 is 2.69 bits per heavy atom. The number of amides is 1. The topological polar surface area (TPSA) is 84.9 Å². The van der Waals surface area contributed by atoms with Gasteiger partial charge in [-0.15, -0.1) is 0 Å². The second-order valence-corrected chi connectivity index (χ2v) is 11.0. The molecule has 1 amide bonds. The minimum atomic E-state index is -3.73. The summed E-state index contributed by atoms with van der Waals surface area (Å²) in [6.45, 7) is 8.02. The Morgan fingerprint density at radius 2 is 2.00 bits per heavy atom. The first-order valence-electron chi connectivity index (χ1n) is 10.4. The molecule has 3 rings (SSSR count). The molecule has 0 atom stereocenters. The van der Waals surface area contributed by atoms with Crippen LogP contribution in [0.2, 0.25) is 5.02 Å².